The summed E-state index contributed by atoms with van der Waals surface area (Å²) >= 11 is 0. The molecule has 0 bridgehead atoms. The number of carbonyl (C=O) groups excluding carboxylic acids is 1. The van der Waals surface area contributed by atoms with Crippen molar-refractivity contribution in [2.45, 2.75) is 55.7 Å². The molecular formula is C17H23NO5S. The molecule has 0 spiro atoms. The van der Waals surface area contributed by atoms with Gasteiger partial charge in [-0.3, -0.25) is 9.59 Å². The lowest BCUT2D eigenvalue weighted by molar-refractivity contribution is -0.141. The van der Waals surface area contributed by atoms with Gasteiger partial charge in [-0.2, -0.15) is 0 Å². The molecule has 0 saturated heterocycles. The number of carboxylic acids is 1. The van der Waals surface area contributed by atoms with E-state index in [9.17, 15) is 18.0 Å². The fraction of sp³-hybridized carbons (Fsp3) is 0.529. The van der Waals surface area contributed by atoms with Crippen LogP contribution < -0.4 is 5.32 Å². The van der Waals surface area contributed by atoms with Crippen LogP contribution in [0.15, 0.2) is 29.2 Å². The zero-order chi connectivity index (χ0) is 17.9. The minimum atomic E-state index is -3.31. The number of hydrogen-bond donors (Lipinski definition) is 2. The fourth-order valence-corrected chi connectivity index (χ4v) is 3.93. The molecule has 1 fully saturated rings. The number of amides is 1. The van der Waals surface area contributed by atoms with E-state index in [1.165, 1.54) is 12.1 Å². The number of carboxylic acid groups (broad SMARTS) is 1. The third-order valence-electron chi connectivity index (χ3n) is 4.38. The molecule has 24 heavy (non-hydrogen) atoms. The van der Waals surface area contributed by atoms with Crippen molar-refractivity contribution in [3.63, 3.8) is 0 Å². The molecule has 1 amide bonds. The number of hydrogen-bond acceptors (Lipinski definition) is 4. The monoisotopic (exact) mass is 353 g/mol. The van der Waals surface area contributed by atoms with Gasteiger partial charge in [-0.1, -0.05) is 12.1 Å². The van der Waals surface area contributed by atoms with Crippen LogP contribution in [-0.4, -0.2) is 36.7 Å². The van der Waals surface area contributed by atoms with E-state index in [4.69, 9.17) is 5.11 Å². The second-order valence-electron chi connectivity index (χ2n) is 6.53. The fourth-order valence-electron chi connectivity index (χ4n) is 2.87. The highest BCUT2D eigenvalue weighted by Crippen LogP contribution is 2.25. The summed E-state index contributed by atoms with van der Waals surface area (Å²) in [5.74, 6) is -1.37. The third-order valence-corrected chi connectivity index (χ3v) is 6.55. The van der Waals surface area contributed by atoms with Crippen LogP contribution in [0.4, 0.5) is 0 Å². The first-order valence-electron chi connectivity index (χ1n) is 8.05. The van der Waals surface area contributed by atoms with Gasteiger partial charge in [0.2, 0.25) is 5.91 Å². The van der Waals surface area contributed by atoms with E-state index in [1.54, 1.807) is 26.0 Å². The number of aliphatic carboxylic acids is 1. The molecule has 132 valence electrons. The van der Waals surface area contributed by atoms with E-state index in [1.807, 2.05) is 0 Å². The molecule has 0 radical (unpaired) electrons. The quantitative estimate of drug-likeness (QED) is 0.812. The maximum Gasteiger partial charge on any atom is 0.306 e. The highest BCUT2D eigenvalue weighted by Gasteiger charge is 2.30. The van der Waals surface area contributed by atoms with Gasteiger partial charge in [0.15, 0.2) is 9.84 Å². The van der Waals surface area contributed by atoms with Crippen molar-refractivity contribution < 1.29 is 23.1 Å². The lowest BCUT2D eigenvalue weighted by atomic mass is 10.1. The van der Waals surface area contributed by atoms with Gasteiger partial charge in [-0.05, 0) is 50.8 Å². The van der Waals surface area contributed by atoms with Crippen LogP contribution >= 0.6 is 0 Å². The van der Waals surface area contributed by atoms with Gasteiger partial charge in [-0.25, -0.2) is 8.42 Å². The number of sulfone groups is 1. The summed E-state index contributed by atoms with van der Waals surface area (Å²) in [5.41, 5.74) is 0.725. The Hall–Kier alpha value is -1.89. The minimum absolute atomic E-state index is 0.0980. The molecule has 2 N–H and O–H groups in total. The van der Waals surface area contributed by atoms with E-state index in [-0.39, 0.29) is 29.2 Å². The lowest BCUT2D eigenvalue weighted by Crippen LogP contribution is -2.34. The molecule has 0 aliphatic heterocycles. The highest BCUT2D eigenvalue weighted by molar-refractivity contribution is 7.92. The summed E-state index contributed by atoms with van der Waals surface area (Å²) in [5, 5.41) is 11.3. The van der Waals surface area contributed by atoms with Crippen molar-refractivity contribution >= 4 is 21.7 Å². The molecule has 0 heterocycles. The SMILES string of the molecule is CC(C)S(=O)(=O)c1ccc(CC(=O)N[C@H]2CC[C@@H](C(=O)O)C2)cc1. The maximum atomic E-state index is 12.1. The van der Waals surface area contributed by atoms with Gasteiger partial charge in [0, 0.05) is 6.04 Å². The first kappa shape index (κ1) is 18.4. The summed E-state index contributed by atoms with van der Waals surface area (Å²) < 4.78 is 24.1. The summed E-state index contributed by atoms with van der Waals surface area (Å²) in [4.78, 5) is 23.2. The number of carbonyl (C=O) groups is 2. The van der Waals surface area contributed by atoms with Crippen molar-refractivity contribution in [2.24, 2.45) is 5.92 Å². The Balaban J connectivity index is 1.92. The topological polar surface area (TPSA) is 101 Å². The smallest absolute Gasteiger partial charge is 0.306 e. The van der Waals surface area contributed by atoms with Crippen LogP contribution in [0, 0.1) is 5.92 Å². The Kier molecular flexibility index (Phi) is 5.64. The average Bonchev–Trinajstić information content (AvgIpc) is 2.96. The number of benzene rings is 1. The van der Waals surface area contributed by atoms with Gasteiger partial charge in [-0.15, -0.1) is 0 Å². The zero-order valence-corrected chi connectivity index (χ0v) is 14.7. The molecule has 1 aliphatic rings. The first-order valence-corrected chi connectivity index (χ1v) is 9.59. The summed E-state index contributed by atoms with van der Waals surface area (Å²) in [7, 11) is -3.31. The molecule has 0 unspecified atom stereocenters. The van der Waals surface area contributed by atoms with Crippen molar-refractivity contribution in [3.8, 4) is 0 Å². The zero-order valence-electron chi connectivity index (χ0n) is 13.9. The van der Waals surface area contributed by atoms with E-state index in [0.717, 1.165) is 5.56 Å². The predicted octanol–water partition coefficient (Wildman–Crippen LogP) is 1.78. The Morgan fingerprint density at radius 1 is 1.21 bits per heavy atom. The summed E-state index contributed by atoms with van der Waals surface area (Å²) in [6.45, 7) is 3.26. The molecule has 1 aliphatic carbocycles. The van der Waals surface area contributed by atoms with Gasteiger partial charge in [0.1, 0.15) is 0 Å². The number of rotatable bonds is 6. The molecule has 6 nitrogen and oxygen atoms in total. The normalized spacial score (nSPS) is 21.0. The van der Waals surface area contributed by atoms with Crippen LogP contribution in [0.3, 0.4) is 0 Å². The van der Waals surface area contributed by atoms with E-state index >= 15 is 0 Å². The molecule has 2 rings (SSSR count). The Morgan fingerprint density at radius 2 is 1.83 bits per heavy atom. The van der Waals surface area contributed by atoms with Gasteiger partial charge in [0.25, 0.3) is 0 Å². The van der Waals surface area contributed by atoms with E-state index in [2.05, 4.69) is 5.32 Å². The predicted molar refractivity (Wildman–Crippen MR) is 89.4 cm³/mol. The minimum Gasteiger partial charge on any atom is -0.481 e. The van der Waals surface area contributed by atoms with Crippen molar-refractivity contribution in [2.75, 3.05) is 0 Å². The molecule has 1 saturated carbocycles. The highest BCUT2D eigenvalue weighted by atomic mass is 32.2. The average molecular weight is 353 g/mol. The van der Waals surface area contributed by atoms with Crippen LogP contribution in [0.25, 0.3) is 0 Å². The van der Waals surface area contributed by atoms with Crippen LogP contribution in [0.2, 0.25) is 0 Å². The Bertz CT molecular complexity index is 709. The second-order valence-corrected chi connectivity index (χ2v) is 9.03. The van der Waals surface area contributed by atoms with Crippen LogP contribution in [0.1, 0.15) is 38.7 Å². The van der Waals surface area contributed by atoms with Gasteiger partial charge >= 0.3 is 5.97 Å². The molecule has 1 aromatic carbocycles. The maximum absolute atomic E-state index is 12.1. The molecule has 0 aromatic heterocycles. The van der Waals surface area contributed by atoms with Crippen LogP contribution in [0.5, 0.6) is 0 Å². The second kappa shape index (κ2) is 7.34. The molecule has 1 aromatic rings. The van der Waals surface area contributed by atoms with Crippen molar-refractivity contribution in [1.29, 1.82) is 0 Å². The largest absolute Gasteiger partial charge is 0.481 e. The Morgan fingerprint density at radius 3 is 2.33 bits per heavy atom. The first-order chi connectivity index (χ1) is 11.2. The molecule has 2 atom stereocenters. The van der Waals surface area contributed by atoms with E-state index < -0.39 is 21.1 Å². The van der Waals surface area contributed by atoms with Crippen molar-refractivity contribution in [3.05, 3.63) is 29.8 Å². The molecule has 7 heteroatoms. The van der Waals surface area contributed by atoms with Crippen LogP contribution in [-0.2, 0) is 25.8 Å². The summed E-state index contributed by atoms with van der Waals surface area (Å²) in [6, 6.07) is 6.23. The standard InChI is InChI=1S/C17H23NO5S/c1-11(2)24(22,23)15-7-3-12(4-8-15)9-16(19)18-14-6-5-13(10-14)17(20)21/h3-4,7-8,11,13-14H,5-6,9-10H2,1-2H3,(H,18,19)(H,20,21)/t13-,14+/m1/s1. The number of nitrogens with one attached hydrogen (secondary N) is 1. The van der Waals surface area contributed by atoms with Gasteiger partial charge in [0.05, 0.1) is 22.5 Å². The van der Waals surface area contributed by atoms with Gasteiger partial charge < -0.3 is 10.4 Å². The Labute approximate surface area is 142 Å². The third kappa shape index (κ3) is 4.35. The van der Waals surface area contributed by atoms with E-state index in [0.29, 0.717) is 19.3 Å². The van der Waals surface area contributed by atoms with Crippen molar-refractivity contribution in [1.82, 2.24) is 5.32 Å². The summed E-state index contributed by atoms with van der Waals surface area (Å²) in [6.07, 6.45) is 1.87. The lowest BCUT2D eigenvalue weighted by Gasteiger charge is -2.13. The molecular weight excluding hydrogens is 330 g/mol.